The van der Waals surface area contributed by atoms with Gasteiger partial charge in [-0.2, -0.15) is 4.89 Å². The van der Waals surface area contributed by atoms with Crippen LogP contribution in [0.15, 0.2) is 24.3 Å². The second-order valence-electron chi connectivity index (χ2n) is 2.50. The van der Waals surface area contributed by atoms with Gasteiger partial charge < -0.3 is 0 Å². The van der Waals surface area contributed by atoms with Crippen LogP contribution in [0.5, 0.6) is 0 Å². The molecule has 0 spiro atoms. The average molecular weight is 169 g/mol. The van der Waals surface area contributed by atoms with E-state index < -0.39 is 8.03 Å². The van der Waals surface area contributed by atoms with Gasteiger partial charge in [0.05, 0.1) is 0 Å². The molecule has 0 aliphatic heterocycles. The number of benzene rings is 1. The van der Waals surface area contributed by atoms with Crippen LogP contribution in [-0.2, 0) is 10.7 Å². The Morgan fingerprint density at radius 3 is 2.82 bits per heavy atom. The lowest BCUT2D eigenvalue weighted by Gasteiger charge is -1.92. The standard InChI is InChI=1S/C8H9O2P/c1-7-3-2-4-8(5-7)6-11(9)10/h2-5H,6H2,1H3/p+1. The van der Waals surface area contributed by atoms with E-state index in [4.69, 9.17) is 4.89 Å². The molecule has 1 atom stereocenters. The lowest BCUT2D eigenvalue weighted by atomic mass is 10.2. The van der Waals surface area contributed by atoms with Crippen molar-refractivity contribution in [3.63, 3.8) is 0 Å². The van der Waals surface area contributed by atoms with E-state index >= 15 is 0 Å². The summed E-state index contributed by atoms with van der Waals surface area (Å²) in [6.45, 7) is 1.97. The minimum Gasteiger partial charge on any atom is -0.160 e. The summed E-state index contributed by atoms with van der Waals surface area (Å²) in [5.74, 6) is 0. The number of hydrogen-bond acceptors (Lipinski definition) is 1. The molecular formula is C8H10O2P+. The predicted octanol–water partition coefficient (Wildman–Crippen LogP) is 2.23. The maximum absolute atomic E-state index is 10.4. The number of aryl methyl sites for hydroxylation is 1. The number of hydrogen-bond donors (Lipinski definition) is 1. The Labute approximate surface area is 66.7 Å². The second-order valence-corrected chi connectivity index (χ2v) is 3.52. The lowest BCUT2D eigenvalue weighted by Crippen LogP contribution is -1.80. The van der Waals surface area contributed by atoms with Crippen LogP contribution in [0.3, 0.4) is 0 Å². The molecule has 0 aliphatic carbocycles. The van der Waals surface area contributed by atoms with Gasteiger partial charge in [-0.1, -0.05) is 29.8 Å². The molecule has 58 valence electrons. The highest BCUT2D eigenvalue weighted by Crippen LogP contribution is 2.21. The van der Waals surface area contributed by atoms with Crippen LogP contribution < -0.4 is 0 Å². The van der Waals surface area contributed by atoms with Crippen LogP contribution >= 0.6 is 8.03 Å². The molecule has 0 bridgehead atoms. The maximum atomic E-state index is 10.4. The van der Waals surface area contributed by atoms with Gasteiger partial charge in [0.25, 0.3) is 0 Å². The molecule has 1 unspecified atom stereocenters. The van der Waals surface area contributed by atoms with E-state index in [-0.39, 0.29) is 6.16 Å². The van der Waals surface area contributed by atoms with Crippen LogP contribution in [-0.4, -0.2) is 4.89 Å². The first-order chi connectivity index (χ1) is 5.18. The van der Waals surface area contributed by atoms with Gasteiger partial charge in [0, 0.05) is 5.56 Å². The van der Waals surface area contributed by atoms with Gasteiger partial charge in [-0.25, -0.2) is 0 Å². The molecule has 0 fully saturated rings. The molecule has 1 aromatic rings. The van der Waals surface area contributed by atoms with Crippen molar-refractivity contribution in [3.8, 4) is 0 Å². The van der Waals surface area contributed by atoms with Gasteiger partial charge >= 0.3 is 8.03 Å². The normalized spacial score (nSPS) is 11.3. The van der Waals surface area contributed by atoms with Gasteiger partial charge in [0.1, 0.15) is 0 Å². The van der Waals surface area contributed by atoms with E-state index in [0.29, 0.717) is 0 Å². The van der Waals surface area contributed by atoms with Crippen LogP contribution in [0.2, 0.25) is 0 Å². The van der Waals surface area contributed by atoms with Crippen molar-refractivity contribution < 1.29 is 9.46 Å². The first-order valence-electron chi connectivity index (χ1n) is 3.37. The summed E-state index contributed by atoms with van der Waals surface area (Å²) in [4.78, 5) is 8.61. The topological polar surface area (TPSA) is 37.3 Å². The smallest absolute Gasteiger partial charge is 0.160 e. The molecular weight excluding hydrogens is 159 g/mol. The molecule has 2 nitrogen and oxygen atoms in total. The van der Waals surface area contributed by atoms with Crippen molar-refractivity contribution in [2.24, 2.45) is 0 Å². The molecule has 1 aromatic carbocycles. The van der Waals surface area contributed by atoms with E-state index in [1.54, 1.807) is 0 Å². The highest BCUT2D eigenvalue weighted by molar-refractivity contribution is 7.37. The van der Waals surface area contributed by atoms with Crippen molar-refractivity contribution in [2.75, 3.05) is 0 Å². The molecule has 1 rings (SSSR count). The summed E-state index contributed by atoms with van der Waals surface area (Å²) < 4.78 is 10.4. The third-order valence-corrected chi connectivity index (χ3v) is 2.04. The zero-order chi connectivity index (χ0) is 8.27. The van der Waals surface area contributed by atoms with Gasteiger partial charge in [0.2, 0.25) is 6.16 Å². The minimum atomic E-state index is -2.04. The summed E-state index contributed by atoms with van der Waals surface area (Å²) >= 11 is 0. The van der Waals surface area contributed by atoms with E-state index in [2.05, 4.69) is 0 Å². The molecule has 0 saturated heterocycles. The highest BCUT2D eigenvalue weighted by atomic mass is 31.1. The summed E-state index contributed by atoms with van der Waals surface area (Å²) in [5.41, 5.74) is 2.05. The Morgan fingerprint density at radius 1 is 1.55 bits per heavy atom. The maximum Gasteiger partial charge on any atom is 0.510 e. The first-order valence-corrected chi connectivity index (χ1v) is 4.77. The predicted molar refractivity (Wildman–Crippen MR) is 44.7 cm³/mol. The molecule has 0 heterocycles. The van der Waals surface area contributed by atoms with E-state index in [9.17, 15) is 4.57 Å². The molecule has 11 heavy (non-hydrogen) atoms. The monoisotopic (exact) mass is 169 g/mol. The Balaban J connectivity index is 2.79. The quantitative estimate of drug-likeness (QED) is 0.689. The molecule has 0 aromatic heterocycles. The van der Waals surface area contributed by atoms with Gasteiger partial charge in [0.15, 0.2) is 0 Å². The molecule has 0 radical (unpaired) electrons. The Bertz CT molecular complexity index is 271. The zero-order valence-electron chi connectivity index (χ0n) is 6.32. The summed E-state index contributed by atoms with van der Waals surface area (Å²) in [6, 6.07) is 7.64. The molecule has 0 saturated carbocycles. The largest absolute Gasteiger partial charge is 0.510 e. The minimum absolute atomic E-state index is 0.261. The molecule has 1 N–H and O–H groups in total. The van der Waals surface area contributed by atoms with Crippen LogP contribution in [0.1, 0.15) is 11.1 Å². The van der Waals surface area contributed by atoms with Crippen molar-refractivity contribution in [3.05, 3.63) is 35.4 Å². The third-order valence-electron chi connectivity index (χ3n) is 1.40. The zero-order valence-corrected chi connectivity index (χ0v) is 7.21. The molecule has 0 aliphatic rings. The fourth-order valence-electron chi connectivity index (χ4n) is 0.967. The van der Waals surface area contributed by atoms with Crippen LogP contribution in [0.4, 0.5) is 0 Å². The van der Waals surface area contributed by atoms with Crippen molar-refractivity contribution in [2.45, 2.75) is 13.1 Å². The lowest BCUT2D eigenvalue weighted by molar-refractivity contribution is 0.502. The Morgan fingerprint density at radius 2 is 2.27 bits per heavy atom. The van der Waals surface area contributed by atoms with Crippen molar-refractivity contribution in [1.29, 1.82) is 0 Å². The average Bonchev–Trinajstić information content (AvgIpc) is 1.85. The fraction of sp³-hybridized carbons (Fsp3) is 0.250. The summed E-state index contributed by atoms with van der Waals surface area (Å²) in [6.07, 6.45) is 0.261. The first kappa shape index (κ1) is 8.38. The van der Waals surface area contributed by atoms with Crippen LogP contribution in [0, 0.1) is 6.92 Å². The van der Waals surface area contributed by atoms with Crippen LogP contribution in [0.25, 0.3) is 0 Å². The second kappa shape index (κ2) is 3.61. The van der Waals surface area contributed by atoms with Gasteiger partial charge in [-0.05, 0) is 11.5 Å². The van der Waals surface area contributed by atoms with E-state index in [0.717, 1.165) is 11.1 Å². The van der Waals surface area contributed by atoms with Gasteiger partial charge in [-0.15, -0.1) is 0 Å². The molecule has 3 heteroatoms. The Hall–Kier alpha value is -0.720. The summed E-state index contributed by atoms with van der Waals surface area (Å²) in [7, 11) is -2.04. The van der Waals surface area contributed by atoms with Crippen molar-refractivity contribution in [1.82, 2.24) is 0 Å². The number of rotatable bonds is 2. The van der Waals surface area contributed by atoms with E-state index in [1.807, 2.05) is 31.2 Å². The third kappa shape index (κ3) is 2.79. The van der Waals surface area contributed by atoms with Gasteiger partial charge in [-0.3, -0.25) is 0 Å². The SMILES string of the molecule is Cc1cccc(C[P+](=O)O)c1. The molecule has 0 amide bonds. The highest BCUT2D eigenvalue weighted by Gasteiger charge is 2.10. The van der Waals surface area contributed by atoms with Crippen molar-refractivity contribution >= 4 is 8.03 Å². The summed E-state index contributed by atoms with van der Waals surface area (Å²) in [5, 5.41) is 0. The Kier molecular flexibility index (Phi) is 2.75. The fourth-order valence-corrected chi connectivity index (χ4v) is 1.48. The van der Waals surface area contributed by atoms with E-state index in [1.165, 1.54) is 0 Å².